The Kier molecular flexibility index (Phi) is 17.7. The van der Waals surface area contributed by atoms with Gasteiger partial charge in [0.05, 0.1) is 0 Å². The summed E-state index contributed by atoms with van der Waals surface area (Å²) in [6.07, 6.45) is -20.2. The molecule has 82 heavy (non-hydrogen) atoms. The molecule has 5 rings (SSSR count). The number of rotatable bonds is 18. The van der Waals surface area contributed by atoms with Gasteiger partial charge in [0, 0.05) is 24.0 Å². The minimum Gasteiger partial charge on any atom is -0.200 e. The molecule has 0 N–H and O–H groups in total. The summed E-state index contributed by atoms with van der Waals surface area (Å²) in [5.74, 6) is -70.3. The molecule has 0 bridgehead atoms. The maximum Gasteiger partial charge on any atom is 0.460 e. The van der Waals surface area contributed by atoms with Crippen LogP contribution in [0.2, 0.25) is 34.3 Å². The number of benzene rings is 5. The van der Waals surface area contributed by atoms with Crippen LogP contribution in [0.1, 0.15) is 79.4 Å². The lowest BCUT2D eigenvalue weighted by Crippen LogP contribution is -2.70. The lowest BCUT2D eigenvalue weighted by atomic mass is 9.89. The van der Waals surface area contributed by atoms with Gasteiger partial charge in [-0.3, -0.25) is 0 Å². The second-order valence-electron chi connectivity index (χ2n) is 21.4. The third-order valence-corrected chi connectivity index (χ3v) is 27.1. The Morgan fingerprint density at radius 1 is 0.317 bits per heavy atom. The van der Waals surface area contributed by atoms with Gasteiger partial charge in [-0.05, 0) is 102 Å². The fourth-order valence-corrected chi connectivity index (χ4v) is 18.6. The van der Waals surface area contributed by atoms with Crippen molar-refractivity contribution in [2.75, 3.05) is 0 Å². The highest BCUT2D eigenvalue weighted by Crippen LogP contribution is 2.63. The summed E-state index contributed by atoms with van der Waals surface area (Å²) >= 11 is 0. The highest BCUT2D eigenvalue weighted by molar-refractivity contribution is 6.90. The van der Waals surface area contributed by atoms with Gasteiger partial charge in [0.1, 0.15) is 16.1 Å². The molecular weight excluding hydrogens is 1200 g/mol. The van der Waals surface area contributed by atoms with Gasteiger partial charge in [0.2, 0.25) is 0 Å². The molecule has 0 unspecified atom stereocenters. The van der Waals surface area contributed by atoms with Crippen LogP contribution in [0.4, 0.5) is 114 Å². The minimum absolute atomic E-state index is 0.00481. The van der Waals surface area contributed by atoms with Crippen LogP contribution in [-0.4, -0.2) is 87.7 Å². The Morgan fingerprint density at radius 3 is 0.720 bits per heavy atom. The number of hydrogen-bond acceptors (Lipinski definition) is 0. The van der Waals surface area contributed by atoms with Crippen LogP contribution in [0.25, 0.3) is 43.1 Å². The summed E-state index contributed by atoms with van der Waals surface area (Å²) in [7, 11) is -8.36. The van der Waals surface area contributed by atoms with E-state index in [2.05, 4.69) is 22.9 Å². The SMILES string of the molecule is CC(C)[Si](C#Cc1c2cc3ccccc3cc2c(C#C[Si](CCC(F)(F)C(F)(F)C(F)(F)C(F)(F)C(F)(F)C(F)(F)F)(C(C)C)C(C)C)c2cc3ccccc3cc12)(CCC(F)(F)C(F)(F)C(F)(F)C(F)(F)C(F)(F)C(F)(F)F)C(C)C. The summed E-state index contributed by atoms with van der Waals surface area (Å²) in [4.78, 5) is 0. The van der Waals surface area contributed by atoms with Crippen molar-refractivity contribution < 1.29 is 114 Å². The van der Waals surface area contributed by atoms with Crippen molar-refractivity contribution in [3.05, 3.63) is 83.9 Å². The fraction of sp³-hybridized carbons (Fsp3) is 0.519. The van der Waals surface area contributed by atoms with E-state index in [9.17, 15) is 79.0 Å². The van der Waals surface area contributed by atoms with Crippen molar-refractivity contribution in [3.63, 3.8) is 0 Å². The smallest absolute Gasteiger partial charge is 0.200 e. The third-order valence-electron chi connectivity index (χ3n) is 15.5. The molecule has 0 saturated carbocycles. The standard InChI is InChI=1S/C54H48F26Si2/c1-29(2)81(30(3)4,23-19-43(55,56)45(59,60)47(63,64)49(67,68)51(71,72)53(75,76)77)21-17-37-39-25-33-13-9-11-15-35(33)27-41(39)38(42-28-36-16-12-10-14-34(36)26-40(37)42)18-22-82(31(5)6,32(7)8)24-20-44(57,58)46(61,62)48(65,66)50(69,70)52(73,74)54(78,79)80/h9-16,25-32H,19-20,23-24H2,1-8H3. The van der Waals surface area contributed by atoms with Crippen LogP contribution in [0.15, 0.2) is 72.8 Å². The average Bonchev–Trinajstić information content (AvgIpc) is 2.50. The van der Waals surface area contributed by atoms with Crippen LogP contribution < -0.4 is 0 Å². The molecule has 0 atom stereocenters. The monoisotopic (exact) mass is 1250 g/mol. The Balaban J connectivity index is 1.80. The molecule has 0 aliphatic heterocycles. The summed E-state index contributed by atoms with van der Waals surface area (Å²) in [5, 5.41) is 2.22. The first-order valence-electron chi connectivity index (χ1n) is 24.6. The van der Waals surface area contributed by atoms with Crippen molar-refractivity contribution in [2.24, 2.45) is 0 Å². The van der Waals surface area contributed by atoms with Crippen molar-refractivity contribution in [3.8, 4) is 22.9 Å². The van der Waals surface area contributed by atoms with Gasteiger partial charge in [-0.25, -0.2) is 0 Å². The molecule has 0 heterocycles. The van der Waals surface area contributed by atoms with E-state index in [4.69, 9.17) is 0 Å². The van der Waals surface area contributed by atoms with Gasteiger partial charge in [0.25, 0.3) is 0 Å². The maximum atomic E-state index is 15.6. The second kappa shape index (κ2) is 21.4. The molecule has 0 saturated heterocycles. The molecular formula is C54H48F26Si2. The van der Waals surface area contributed by atoms with Crippen LogP contribution in [-0.2, 0) is 0 Å². The Labute approximate surface area is 453 Å². The molecule has 0 nitrogen and oxygen atoms in total. The van der Waals surface area contributed by atoms with Crippen molar-refractivity contribution >= 4 is 59.2 Å². The zero-order valence-electron chi connectivity index (χ0n) is 43.9. The number of hydrogen-bond donors (Lipinski definition) is 0. The molecule has 5 aromatic carbocycles. The average molecular weight is 1250 g/mol. The van der Waals surface area contributed by atoms with Crippen LogP contribution in [0.5, 0.6) is 0 Å². The molecule has 0 fully saturated rings. The van der Waals surface area contributed by atoms with Gasteiger partial charge in [-0.15, -0.1) is 11.1 Å². The Bertz CT molecular complexity index is 2980. The zero-order valence-corrected chi connectivity index (χ0v) is 45.9. The molecule has 0 aliphatic rings. The van der Waals surface area contributed by atoms with Crippen molar-refractivity contribution in [2.45, 2.75) is 174 Å². The number of halogens is 26. The molecule has 0 radical (unpaired) electrons. The second-order valence-corrected chi connectivity index (χ2v) is 31.7. The Hall–Kier alpha value is -5.13. The first-order valence-corrected chi connectivity index (χ1v) is 29.3. The summed E-state index contributed by atoms with van der Waals surface area (Å²) in [6.45, 7) is 10.8. The van der Waals surface area contributed by atoms with Crippen LogP contribution in [0, 0.1) is 22.9 Å². The highest BCUT2D eigenvalue weighted by atomic mass is 28.3. The van der Waals surface area contributed by atoms with Gasteiger partial charge in [-0.2, -0.15) is 114 Å². The summed E-state index contributed by atoms with van der Waals surface area (Å²) in [6, 6.07) is 16.1. The lowest BCUT2D eigenvalue weighted by molar-refractivity contribution is -0.440. The van der Waals surface area contributed by atoms with Gasteiger partial charge in [-0.1, -0.05) is 116 Å². The number of fused-ring (bicyclic) bond motifs is 4. The maximum absolute atomic E-state index is 15.6. The number of alkyl halides is 26. The molecule has 28 heteroatoms. The zero-order chi connectivity index (χ0) is 63.2. The predicted molar refractivity (Wildman–Crippen MR) is 263 cm³/mol. The van der Waals surface area contributed by atoms with E-state index in [1.807, 2.05) is 0 Å². The van der Waals surface area contributed by atoms with E-state index in [1.165, 1.54) is 79.7 Å². The first kappa shape index (κ1) is 67.7. The van der Waals surface area contributed by atoms with Gasteiger partial charge < -0.3 is 0 Å². The van der Waals surface area contributed by atoms with Crippen molar-refractivity contribution in [1.29, 1.82) is 0 Å². The molecule has 0 spiro atoms. The van der Waals surface area contributed by atoms with E-state index in [-0.39, 0.29) is 32.7 Å². The highest BCUT2D eigenvalue weighted by Gasteiger charge is 2.92. The van der Waals surface area contributed by atoms with Crippen molar-refractivity contribution in [1.82, 2.24) is 0 Å². The quantitative estimate of drug-likeness (QED) is 0.0355. The lowest BCUT2D eigenvalue weighted by Gasteiger charge is -2.41. The fourth-order valence-electron chi connectivity index (χ4n) is 10.1. The summed E-state index contributed by atoms with van der Waals surface area (Å²) < 4.78 is 370. The molecule has 5 aromatic rings. The van der Waals surface area contributed by atoms with E-state index in [1.54, 1.807) is 48.5 Å². The van der Waals surface area contributed by atoms with E-state index in [0.29, 0.717) is 21.5 Å². The van der Waals surface area contributed by atoms with Crippen LogP contribution in [0.3, 0.4) is 0 Å². The topological polar surface area (TPSA) is 0 Å². The van der Waals surface area contributed by atoms with E-state index < -0.39 is 135 Å². The predicted octanol–water partition coefficient (Wildman–Crippen LogP) is 20.9. The molecule has 0 aliphatic carbocycles. The largest absolute Gasteiger partial charge is 0.460 e. The minimum atomic E-state index is -8.12. The third kappa shape index (κ3) is 10.5. The van der Waals surface area contributed by atoms with Crippen LogP contribution >= 0.6 is 0 Å². The Morgan fingerprint density at radius 2 is 0.524 bits per heavy atom. The van der Waals surface area contributed by atoms with Gasteiger partial charge in [0.15, 0.2) is 0 Å². The first-order chi connectivity index (χ1) is 36.8. The van der Waals surface area contributed by atoms with E-state index >= 15 is 35.1 Å². The van der Waals surface area contributed by atoms with Gasteiger partial charge >= 0.3 is 71.6 Å². The molecule has 454 valence electrons. The molecule has 0 amide bonds. The van der Waals surface area contributed by atoms with E-state index in [0.717, 1.165) is 0 Å². The summed E-state index contributed by atoms with van der Waals surface area (Å²) in [5.41, 5.74) is 1.97. The molecule has 0 aromatic heterocycles. The normalized spacial score (nSPS) is 14.9.